The van der Waals surface area contributed by atoms with Crippen LogP contribution in [-0.2, 0) is 0 Å². The monoisotopic (exact) mass is 194 g/mol. The highest BCUT2D eigenvalue weighted by atomic mass is 14.3. The van der Waals surface area contributed by atoms with Gasteiger partial charge in [-0.2, -0.15) is 0 Å². The van der Waals surface area contributed by atoms with Crippen LogP contribution in [0.3, 0.4) is 0 Å². The number of unbranched alkanes of at least 4 members (excludes halogenated alkanes) is 4. The first-order valence-electron chi connectivity index (χ1n) is 6.44. The molecule has 0 heterocycles. The summed E-state index contributed by atoms with van der Waals surface area (Å²) in [6.07, 6.45) is 17.5. The Labute approximate surface area is 89.8 Å². The van der Waals surface area contributed by atoms with Crippen LogP contribution >= 0.6 is 0 Å². The zero-order chi connectivity index (χ0) is 10.3. The van der Waals surface area contributed by atoms with Crippen LogP contribution in [0.5, 0.6) is 0 Å². The predicted molar refractivity (Wildman–Crippen MR) is 64.5 cm³/mol. The molecule has 1 saturated carbocycles. The van der Waals surface area contributed by atoms with E-state index in [0.29, 0.717) is 5.41 Å². The maximum Gasteiger partial charge on any atom is -0.0147 e. The molecule has 0 aromatic heterocycles. The first-order chi connectivity index (χ1) is 6.77. The Morgan fingerprint density at radius 3 is 2.43 bits per heavy atom. The maximum atomic E-state index is 2.49. The number of rotatable bonds is 6. The molecule has 0 amide bonds. The van der Waals surface area contributed by atoms with E-state index in [9.17, 15) is 0 Å². The lowest BCUT2D eigenvalue weighted by Gasteiger charge is -2.17. The molecule has 0 bridgehead atoms. The quantitative estimate of drug-likeness (QED) is 0.408. The zero-order valence-electron chi connectivity index (χ0n) is 10.0. The Bertz CT molecular complexity index is 161. The third-order valence-corrected chi connectivity index (χ3v) is 3.49. The lowest BCUT2D eigenvalue weighted by atomic mass is 9.88. The molecule has 0 aromatic carbocycles. The molecule has 0 heteroatoms. The first kappa shape index (κ1) is 11.8. The van der Waals surface area contributed by atoms with Gasteiger partial charge in [0, 0.05) is 0 Å². The molecule has 0 aromatic rings. The summed E-state index contributed by atoms with van der Waals surface area (Å²) in [5.41, 5.74) is 0.560. The van der Waals surface area contributed by atoms with Crippen molar-refractivity contribution in [1.82, 2.24) is 0 Å². The smallest absolute Gasteiger partial charge is 0.0147 e. The van der Waals surface area contributed by atoms with Gasteiger partial charge >= 0.3 is 0 Å². The summed E-state index contributed by atoms with van der Waals surface area (Å²) >= 11 is 0. The van der Waals surface area contributed by atoms with Crippen LogP contribution in [0.1, 0.15) is 71.6 Å². The average Bonchev–Trinajstić information content (AvgIpc) is 2.59. The minimum atomic E-state index is 0.560. The minimum absolute atomic E-state index is 0.560. The van der Waals surface area contributed by atoms with Crippen molar-refractivity contribution in [3.63, 3.8) is 0 Å². The summed E-state index contributed by atoms with van der Waals surface area (Å²) < 4.78 is 0. The molecule has 14 heavy (non-hydrogen) atoms. The zero-order valence-corrected chi connectivity index (χ0v) is 10.0. The number of hydrogen-bond donors (Lipinski definition) is 0. The van der Waals surface area contributed by atoms with E-state index in [4.69, 9.17) is 0 Å². The molecule has 0 spiro atoms. The summed E-state index contributed by atoms with van der Waals surface area (Å²) in [5, 5.41) is 0. The van der Waals surface area contributed by atoms with Crippen LogP contribution in [0.15, 0.2) is 12.2 Å². The molecule has 0 radical (unpaired) electrons. The lowest BCUT2D eigenvalue weighted by molar-refractivity contribution is 0.444. The molecule has 0 atom stereocenters. The number of hydrogen-bond acceptors (Lipinski definition) is 0. The van der Waals surface area contributed by atoms with Crippen LogP contribution in [-0.4, -0.2) is 0 Å². The van der Waals surface area contributed by atoms with E-state index in [2.05, 4.69) is 26.0 Å². The standard InChI is InChI=1S/C14H26/c1-3-4-5-6-7-8-11-14(2)12-9-10-13-14/h8,11H,3-7,9-10,12-13H2,1-2H3/b11-8+. The average molecular weight is 194 g/mol. The summed E-state index contributed by atoms with van der Waals surface area (Å²) in [5.74, 6) is 0. The highest BCUT2D eigenvalue weighted by molar-refractivity contribution is 4.99. The Morgan fingerprint density at radius 2 is 1.79 bits per heavy atom. The van der Waals surface area contributed by atoms with E-state index in [1.807, 2.05) is 0 Å². The van der Waals surface area contributed by atoms with Crippen molar-refractivity contribution in [3.05, 3.63) is 12.2 Å². The molecule has 1 aliphatic carbocycles. The Hall–Kier alpha value is -0.260. The van der Waals surface area contributed by atoms with Crippen LogP contribution in [0.2, 0.25) is 0 Å². The molecule has 82 valence electrons. The third kappa shape index (κ3) is 4.30. The molecule has 0 saturated heterocycles. The second-order valence-corrected chi connectivity index (χ2v) is 5.11. The highest BCUT2D eigenvalue weighted by Crippen LogP contribution is 2.38. The second kappa shape index (κ2) is 6.27. The van der Waals surface area contributed by atoms with Gasteiger partial charge in [0.05, 0.1) is 0 Å². The van der Waals surface area contributed by atoms with Crippen molar-refractivity contribution in [2.24, 2.45) is 5.41 Å². The highest BCUT2D eigenvalue weighted by Gasteiger charge is 2.24. The third-order valence-electron chi connectivity index (χ3n) is 3.49. The SMILES string of the molecule is CCCCCC/C=C/C1(C)CCCC1. The fourth-order valence-electron chi connectivity index (χ4n) is 2.41. The van der Waals surface area contributed by atoms with Crippen molar-refractivity contribution in [1.29, 1.82) is 0 Å². The van der Waals surface area contributed by atoms with Gasteiger partial charge in [-0.25, -0.2) is 0 Å². The lowest BCUT2D eigenvalue weighted by Crippen LogP contribution is -2.05. The molecule has 1 fully saturated rings. The molecule has 0 N–H and O–H groups in total. The van der Waals surface area contributed by atoms with Gasteiger partial charge in [0.2, 0.25) is 0 Å². The van der Waals surface area contributed by atoms with Crippen LogP contribution in [0.25, 0.3) is 0 Å². The van der Waals surface area contributed by atoms with Crippen molar-refractivity contribution in [3.8, 4) is 0 Å². The maximum absolute atomic E-state index is 2.49. The molecular weight excluding hydrogens is 168 g/mol. The van der Waals surface area contributed by atoms with E-state index in [-0.39, 0.29) is 0 Å². The van der Waals surface area contributed by atoms with E-state index in [1.54, 1.807) is 0 Å². The van der Waals surface area contributed by atoms with Gasteiger partial charge in [0.1, 0.15) is 0 Å². The van der Waals surface area contributed by atoms with Gasteiger partial charge in [-0.1, -0.05) is 58.1 Å². The largest absolute Gasteiger partial charge is 0.0880 e. The Kier molecular flexibility index (Phi) is 5.29. The van der Waals surface area contributed by atoms with Crippen LogP contribution < -0.4 is 0 Å². The van der Waals surface area contributed by atoms with Gasteiger partial charge < -0.3 is 0 Å². The Morgan fingerprint density at radius 1 is 1.07 bits per heavy atom. The summed E-state index contributed by atoms with van der Waals surface area (Å²) in [6.45, 7) is 4.69. The van der Waals surface area contributed by atoms with Crippen molar-refractivity contribution < 1.29 is 0 Å². The van der Waals surface area contributed by atoms with Crippen molar-refractivity contribution in [2.45, 2.75) is 71.6 Å². The van der Waals surface area contributed by atoms with Crippen molar-refractivity contribution in [2.75, 3.05) is 0 Å². The molecule has 1 aliphatic rings. The van der Waals surface area contributed by atoms with E-state index in [1.165, 1.54) is 57.8 Å². The Balaban J connectivity index is 2.07. The van der Waals surface area contributed by atoms with E-state index in [0.717, 1.165) is 0 Å². The molecule has 0 unspecified atom stereocenters. The first-order valence-corrected chi connectivity index (χ1v) is 6.44. The molecule has 1 rings (SSSR count). The predicted octanol–water partition coefficient (Wildman–Crippen LogP) is 5.09. The van der Waals surface area contributed by atoms with Gasteiger partial charge in [-0.15, -0.1) is 0 Å². The molecule has 0 nitrogen and oxygen atoms in total. The topological polar surface area (TPSA) is 0 Å². The number of allylic oxidation sites excluding steroid dienone is 2. The minimum Gasteiger partial charge on any atom is -0.0880 e. The summed E-state index contributed by atoms with van der Waals surface area (Å²) in [4.78, 5) is 0. The van der Waals surface area contributed by atoms with Crippen LogP contribution in [0.4, 0.5) is 0 Å². The van der Waals surface area contributed by atoms with Crippen molar-refractivity contribution >= 4 is 0 Å². The fraction of sp³-hybridized carbons (Fsp3) is 0.857. The van der Waals surface area contributed by atoms with Crippen LogP contribution in [0, 0.1) is 5.41 Å². The van der Waals surface area contributed by atoms with E-state index >= 15 is 0 Å². The molecule has 0 aliphatic heterocycles. The van der Waals surface area contributed by atoms with Gasteiger partial charge in [0.15, 0.2) is 0 Å². The van der Waals surface area contributed by atoms with E-state index < -0.39 is 0 Å². The normalized spacial score (nSPS) is 20.7. The molecular formula is C14H26. The summed E-state index contributed by atoms with van der Waals surface area (Å²) in [7, 11) is 0. The van der Waals surface area contributed by atoms with Gasteiger partial charge in [-0.05, 0) is 31.1 Å². The van der Waals surface area contributed by atoms with Gasteiger partial charge in [0.25, 0.3) is 0 Å². The van der Waals surface area contributed by atoms with Gasteiger partial charge in [-0.3, -0.25) is 0 Å². The fourth-order valence-corrected chi connectivity index (χ4v) is 2.41. The second-order valence-electron chi connectivity index (χ2n) is 5.11. The summed E-state index contributed by atoms with van der Waals surface area (Å²) in [6, 6.07) is 0.